The summed E-state index contributed by atoms with van der Waals surface area (Å²) in [6.45, 7) is 5.52. The summed E-state index contributed by atoms with van der Waals surface area (Å²) in [6.07, 6.45) is 2.09. The van der Waals surface area contributed by atoms with Gasteiger partial charge in [-0.3, -0.25) is 0 Å². The molecule has 0 aromatic heterocycles. The Kier molecular flexibility index (Phi) is 3.36. The van der Waals surface area contributed by atoms with E-state index in [4.69, 9.17) is 0 Å². The molecule has 0 bridgehead atoms. The van der Waals surface area contributed by atoms with Gasteiger partial charge < -0.3 is 10.2 Å². The predicted octanol–water partition coefficient (Wildman–Crippen LogP) is 2.73. The van der Waals surface area contributed by atoms with Gasteiger partial charge in [0.2, 0.25) is 0 Å². The van der Waals surface area contributed by atoms with E-state index < -0.39 is 0 Å². The standard InChI is InChI=1S/C14H20N2O/c1-3-16(4-2)13(17)15-14(10-11-14)12-8-6-5-7-9-12/h5-9H,3-4,10-11H2,1-2H3,(H,15,17). The van der Waals surface area contributed by atoms with E-state index in [0.29, 0.717) is 0 Å². The van der Waals surface area contributed by atoms with E-state index >= 15 is 0 Å². The molecular weight excluding hydrogens is 212 g/mol. The van der Waals surface area contributed by atoms with Crippen LogP contribution in [0, 0.1) is 0 Å². The summed E-state index contributed by atoms with van der Waals surface area (Å²) in [5, 5.41) is 3.17. The van der Waals surface area contributed by atoms with Gasteiger partial charge in [0.1, 0.15) is 0 Å². The average molecular weight is 232 g/mol. The van der Waals surface area contributed by atoms with Crippen molar-refractivity contribution in [3.63, 3.8) is 0 Å². The molecule has 3 heteroatoms. The molecule has 0 radical (unpaired) electrons. The Morgan fingerprint density at radius 2 is 1.82 bits per heavy atom. The van der Waals surface area contributed by atoms with Crippen molar-refractivity contribution >= 4 is 6.03 Å². The molecule has 92 valence electrons. The summed E-state index contributed by atoms with van der Waals surface area (Å²) in [4.78, 5) is 13.9. The zero-order valence-corrected chi connectivity index (χ0v) is 10.6. The molecule has 1 aliphatic carbocycles. The van der Waals surface area contributed by atoms with Crippen molar-refractivity contribution in [1.82, 2.24) is 10.2 Å². The molecule has 0 heterocycles. The molecule has 0 unspecified atom stereocenters. The molecule has 1 aliphatic rings. The summed E-state index contributed by atoms with van der Waals surface area (Å²) in [5.74, 6) is 0. The highest BCUT2D eigenvalue weighted by Crippen LogP contribution is 2.45. The van der Waals surface area contributed by atoms with E-state index in [1.54, 1.807) is 0 Å². The first kappa shape index (κ1) is 12.0. The van der Waals surface area contributed by atoms with E-state index in [0.717, 1.165) is 25.9 Å². The first-order valence-electron chi connectivity index (χ1n) is 6.34. The molecule has 0 spiro atoms. The van der Waals surface area contributed by atoms with Gasteiger partial charge in [0, 0.05) is 13.1 Å². The van der Waals surface area contributed by atoms with Crippen molar-refractivity contribution in [2.75, 3.05) is 13.1 Å². The highest BCUT2D eigenvalue weighted by Gasteiger charge is 2.46. The minimum atomic E-state index is -0.0963. The second kappa shape index (κ2) is 4.78. The SMILES string of the molecule is CCN(CC)C(=O)NC1(c2ccccc2)CC1. The Bertz CT molecular complexity index is 380. The maximum atomic E-state index is 12.0. The second-order valence-electron chi connectivity index (χ2n) is 4.55. The number of hydrogen-bond acceptors (Lipinski definition) is 1. The van der Waals surface area contributed by atoms with Gasteiger partial charge in [-0.05, 0) is 32.3 Å². The van der Waals surface area contributed by atoms with E-state index in [9.17, 15) is 4.79 Å². The van der Waals surface area contributed by atoms with Gasteiger partial charge in [-0.25, -0.2) is 4.79 Å². The van der Waals surface area contributed by atoms with Gasteiger partial charge in [0.25, 0.3) is 0 Å². The molecule has 1 N–H and O–H groups in total. The maximum Gasteiger partial charge on any atom is 0.318 e. The smallest absolute Gasteiger partial charge is 0.318 e. The lowest BCUT2D eigenvalue weighted by atomic mass is 10.1. The van der Waals surface area contributed by atoms with Crippen molar-refractivity contribution in [1.29, 1.82) is 0 Å². The highest BCUT2D eigenvalue weighted by molar-refractivity contribution is 5.76. The van der Waals surface area contributed by atoms with E-state index in [1.807, 2.05) is 36.9 Å². The molecule has 0 aliphatic heterocycles. The van der Waals surface area contributed by atoms with Crippen LogP contribution in [0.3, 0.4) is 0 Å². The first-order chi connectivity index (χ1) is 8.22. The molecule has 0 saturated heterocycles. The quantitative estimate of drug-likeness (QED) is 0.850. The monoisotopic (exact) mass is 232 g/mol. The number of nitrogens with zero attached hydrogens (tertiary/aromatic N) is 1. The third-order valence-corrected chi connectivity index (χ3v) is 3.47. The van der Waals surface area contributed by atoms with Crippen molar-refractivity contribution in [2.45, 2.75) is 32.2 Å². The number of rotatable bonds is 4. The number of nitrogens with one attached hydrogen (secondary N) is 1. The molecule has 17 heavy (non-hydrogen) atoms. The molecule has 3 nitrogen and oxygen atoms in total. The number of amides is 2. The summed E-state index contributed by atoms with van der Waals surface area (Å²) in [7, 11) is 0. The van der Waals surface area contributed by atoms with E-state index in [2.05, 4.69) is 17.4 Å². The largest absolute Gasteiger partial charge is 0.328 e. The van der Waals surface area contributed by atoms with E-state index in [-0.39, 0.29) is 11.6 Å². The highest BCUT2D eigenvalue weighted by atomic mass is 16.2. The molecule has 1 aromatic rings. The second-order valence-corrected chi connectivity index (χ2v) is 4.55. The number of hydrogen-bond donors (Lipinski definition) is 1. The third-order valence-electron chi connectivity index (χ3n) is 3.47. The first-order valence-corrected chi connectivity index (χ1v) is 6.34. The van der Waals surface area contributed by atoms with Crippen molar-refractivity contribution in [2.24, 2.45) is 0 Å². The van der Waals surface area contributed by atoms with Crippen LogP contribution < -0.4 is 5.32 Å². The number of urea groups is 1. The molecular formula is C14H20N2O. The number of benzene rings is 1. The summed E-state index contributed by atoms with van der Waals surface area (Å²) in [6, 6.07) is 10.3. The Labute approximate surface area is 103 Å². The number of carbonyl (C=O) groups excluding carboxylic acids is 1. The molecule has 2 amide bonds. The van der Waals surface area contributed by atoms with Crippen LogP contribution in [-0.2, 0) is 5.54 Å². The van der Waals surface area contributed by atoms with Crippen LogP contribution in [0.2, 0.25) is 0 Å². The number of carbonyl (C=O) groups is 1. The van der Waals surface area contributed by atoms with Crippen LogP contribution in [0.4, 0.5) is 4.79 Å². The fourth-order valence-electron chi connectivity index (χ4n) is 2.16. The topological polar surface area (TPSA) is 32.3 Å². The Morgan fingerprint density at radius 1 is 1.24 bits per heavy atom. The molecule has 0 atom stereocenters. The van der Waals surface area contributed by atoms with Crippen LogP contribution in [0.15, 0.2) is 30.3 Å². The summed E-state index contributed by atoms with van der Waals surface area (Å²) in [5.41, 5.74) is 1.13. The normalized spacial score (nSPS) is 16.4. The summed E-state index contributed by atoms with van der Waals surface area (Å²) < 4.78 is 0. The van der Waals surface area contributed by atoms with Crippen LogP contribution in [0.5, 0.6) is 0 Å². The van der Waals surface area contributed by atoms with Gasteiger partial charge in [0.05, 0.1) is 5.54 Å². The average Bonchev–Trinajstić information content (AvgIpc) is 3.13. The van der Waals surface area contributed by atoms with Crippen LogP contribution in [-0.4, -0.2) is 24.0 Å². The van der Waals surface area contributed by atoms with Crippen molar-refractivity contribution < 1.29 is 4.79 Å². The zero-order chi connectivity index (χ0) is 12.3. The molecule has 2 rings (SSSR count). The lowest BCUT2D eigenvalue weighted by molar-refractivity contribution is 0.197. The lowest BCUT2D eigenvalue weighted by Crippen LogP contribution is -2.44. The van der Waals surface area contributed by atoms with Gasteiger partial charge in [-0.2, -0.15) is 0 Å². The van der Waals surface area contributed by atoms with Gasteiger partial charge in [0.15, 0.2) is 0 Å². The zero-order valence-electron chi connectivity index (χ0n) is 10.6. The van der Waals surface area contributed by atoms with Crippen LogP contribution in [0.1, 0.15) is 32.3 Å². The molecule has 1 saturated carbocycles. The molecule has 1 aromatic carbocycles. The van der Waals surface area contributed by atoms with Crippen LogP contribution in [0.25, 0.3) is 0 Å². The van der Waals surface area contributed by atoms with Gasteiger partial charge in [-0.1, -0.05) is 30.3 Å². The minimum absolute atomic E-state index is 0.0522. The molecule has 1 fully saturated rings. The predicted molar refractivity (Wildman–Crippen MR) is 68.8 cm³/mol. The van der Waals surface area contributed by atoms with E-state index in [1.165, 1.54) is 5.56 Å². The van der Waals surface area contributed by atoms with Gasteiger partial charge in [-0.15, -0.1) is 0 Å². The lowest BCUT2D eigenvalue weighted by Gasteiger charge is -2.24. The fourth-order valence-corrected chi connectivity index (χ4v) is 2.16. The summed E-state index contributed by atoms with van der Waals surface area (Å²) >= 11 is 0. The minimum Gasteiger partial charge on any atom is -0.328 e. The van der Waals surface area contributed by atoms with Crippen molar-refractivity contribution in [3.8, 4) is 0 Å². The van der Waals surface area contributed by atoms with Crippen molar-refractivity contribution in [3.05, 3.63) is 35.9 Å². The Morgan fingerprint density at radius 3 is 2.29 bits per heavy atom. The Balaban J connectivity index is 2.06. The third kappa shape index (κ3) is 2.43. The van der Waals surface area contributed by atoms with Crippen LogP contribution >= 0.6 is 0 Å². The fraction of sp³-hybridized carbons (Fsp3) is 0.500. The Hall–Kier alpha value is -1.51. The maximum absolute atomic E-state index is 12.0. The van der Waals surface area contributed by atoms with Gasteiger partial charge >= 0.3 is 6.03 Å².